The first-order chi connectivity index (χ1) is 16.2. The highest BCUT2D eigenvalue weighted by atomic mass is 16.2. The fourth-order valence-electron chi connectivity index (χ4n) is 5.44. The summed E-state index contributed by atoms with van der Waals surface area (Å²) in [6.45, 7) is 4.74. The van der Waals surface area contributed by atoms with Crippen molar-refractivity contribution in [3.8, 4) is 0 Å². The quantitative estimate of drug-likeness (QED) is 0.777. The predicted molar refractivity (Wildman–Crippen MR) is 129 cm³/mol. The molecule has 1 aliphatic carbocycles. The Kier molecular flexibility index (Phi) is 6.46. The monoisotopic (exact) mass is 447 g/mol. The van der Waals surface area contributed by atoms with Gasteiger partial charge in [0.25, 0.3) is 0 Å². The zero-order valence-corrected chi connectivity index (χ0v) is 19.2. The number of nitrogens with one attached hydrogen (secondary N) is 1. The number of benzene rings is 1. The lowest BCUT2D eigenvalue weighted by Gasteiger charge is -2.38. The van der Waals surface area contributed by atoms with Crippen molar-refractivity contribution in [1.82, 2.24) is 14.8 Å². The molecule has 3 amide bonds. The molecule has 7 heteroatoms. The number of piperazine rings is 1. The summed E-state index contributed by atoms with van der Waals surface area (Å²) in [5.41, 5.74) is 2.13. The van der Waals surface area contributed by atoms with Gasteiger partial charge in [-0.1, -0.05) is 24.3 Å². The van der Waals surface area contributed by atoms with Gasteiger partial charge >= 0.3 is 6.03 Å². The molecule has 1 aromatic heterocycles. The predicted octanol–water partition coefficient (Wildman–Crippen LogP) is 3.63. The molecule has 0 bridgehead atoms. The largest absolute Gasteiger partial charge is 0.353 e. The van der Waals surface area contributed by atoms with Crippen molar-refractivity contribution in [1.29, 1.82) is 0 Å². The van der Waals surface area contributed by atoms with E-state index >= 15 is 0 Å². The van der Waals surface area contributed by atoms with E-state index in [4.69, 9.17) is 0 Å². The summed E-state index contributed by atoms with van der Waals surface area (Å²) in [4.78, 5) is 36.5. The highest BCUT2D eigenvalue weighted by molar-refractivity contribution is 5.91. The summed E-state index contributed by atoms with van der Waals surface area (Å²) in [5.74, 6) is 1.91. The Hall–Kier alpha value is -3.09. The summed E-state index contributed by atoms with van der Waals surface area (Å²) in [6.07, 6.45) is 6.59. The van der Waals surface area contributed by atoms with Crippen molar-refractivity contribution < 1.29 is 9.59 Å². The van der Waals surface area contributed by atoms with E-state index in [1.807, 2.05) is 52.4 Å². The average Bonchev–Trinajstić information content (AvgIpc) is 3.03. The minimum absolute atomic E-state index is 0.00364. The van der Waals surface area contributed by atoms with Crippen LogP contribution in [0.4, 0.5) is 16.3 Å². The fourth-order valence-corrected chi connectivity index (χ4v) is 5.44. The summed E-state index contributed by atoms with van der Waals surface area (Å²) in [5, 5.41) is 3.07. The number of nitrogens with zero attached hydrogens (tertiary/aromatic N) is 4. The Morgan fingerprint density at radius 1 is 0.939 bits per heavy atom. The van der Waals surface area contributed by atoms with Gasteiger partial charge in [-0.3, -0.25) is 4.79 Å². The van der Waals surface area contributed by atoms with Crippen LogP contribution in [0.2, 0.25) is 0 Å². The Bertz CT molecular complexity index is 966. The van der Waals surface area contributed by atoms with Crippen molar-refractivity contribution >= 4 is 23.4 Å². The molecule has 1 N–H and O–H groups in total. The second kappa shape index (κ2) is 9.81. The lowest BCUT2D eigenvalue weighted by Crippen LogP contribution is -2.51. The van der Waals surface area contributed by atoms with Gasteiger partial charge in [0.15, 0.2) is 0 Å². The lowest BCUT2D eigenvalue weighted by molar-refractivity contribution is -0.137. The number of amides is 3. The third-order valence-corrected chi connectivity index (χ3v) is 7.44. The topological polar surface area (TPSA) is 68.8 Å². The first-order valence-corrected chi connectivity index (χ1v) is 12.3. The van der Waals surface area contributed by atoms with Gasteiger partial charge in [-0.15, -0.1) is 0 Å². The van der Waals surface area contributed by atoms with E-state index in [0.717, 1.165) is 82.9 Å². The van der Waals surface area contributed by atoms with Crippen molar-refractivity contribution in [2.45, 2.75) is 32.1 Å². The van der Waals surface area contributed by atoms with E-state index in [1.165, 1.54) is 5.56 Å². The molecule has 174 valence electrons. The second-order valence-electron chi connectivity index (χ2n) is 9.50. The average molecular weight is 448 g/mol. The summed E-state index contributed by atoms with van der Waals surface area (Å²) in [6, 6.07) is 14.0. The second-order valence-corrected chi connectivity index (χ2v) is 9.50. The SMILES string of the molecule is O=C1Nc2ccccc2CCN1C[C@H]1CC[C@H](C(=O)N2CCN(c3ccccn3)CC2)CC1. The molecule has 0 atom stereocenters. The molecule has 1 saturated heterocycles. The number of fused-ring (bicyclic) bond motifs is 1. The molecule has 3 heterocycles. The molecule has 2 fully saturated rings. The van der Waals surface area contributed by atoms with Gasteiger partial charge in [0.05, 0.1) is 0 Å². The number of para-hydroxylation sites is 1. The fraction of sp³-hybridized carbons (Fsp3) is 0.500. The Labute approximate surface area is 195 Å². The standard InChI is InChI=1S/C26H33N5O2/c32-25(30-17-15-29(16-18-30)24-7-3-4-13-27-24)22-10-8-20(9-11-22)19-31-14-12-21-5-1-2-6-23(21)28-26(31)33/h1-7,13,20,22H,8-12,14-19H2,(H,28,33)/t20-,22-. The van der Waals surface area contributed by atoms with Crippen LogP contribution in [0.25, 0.3) is 0 Å². The molecule has 5 rings (SSSR count). The van der Waals surface area contributed by atoms with E-state index in [9.17, 15) is 9.59 Å². The van der Waals surface area contributed by atoms with Crippen molar-refractivity contribution in [3.63, 3.8) is 0 Å². The molecule has 2 aromatic rings. The van der Waals surface area contributed by atoms with Crippen LogP contribution in [0.5, 0.6) is 0 Å². The molecule has 0 spiro atoms. The number of pyridine rings is 1. The van der Waals surface area contributed by atoms with Crippen molar-refractivity contribution in [2.24, 2.45) is 11.8 Å². The van der Waals surface area contributed by atoms with E-state index in [1.54, 1.807) is 0 Å². The number of urea groups is 1. The third kappa shape index (κ3) is 4.97. The minimum atomic E-state index is 0.00364. The van der Waals surface area contributed by atoms with Gasteiger partial charge in [-0.05, 0) is 61.8 Å². The maximum Gasteiger partial charge on any atom is 0.321 e. The van der Waals surface area contributed by atoms with Gasteiger partial charge in [0, 0.05) is 57.1 Å². The number of aromatic nitrogens is 1. The Balaban J connectivity index is 1.08. The first kappa shape index (κ1) is 21.7. The zero-order chi connectivity index (χ0) is 22.6. The number of rotatable bonds is 4. The van der Waals surface area contributed by atoms with Crippen LogP contribution in [-0.2, 0) is 11.2 Å². The third-order valence-electron chi connectivity index (χ3n) is 7.44. The normalized spacial score (nSPS) is 23.5. The van der Waals surface area contributed by atoms with Gasteiger partial charge in [0.1, 0.15) is 5.82 Å². The van der Waals surface area contributed by atoms with Gasteiger partial charge in [0.2, 0.25) is 5.91 Å². The maximum atomic E-state index is 13.1. The number of hydrogen-bond acceptors (Lipinski definition) is 4. The van der Waals surface area contributed by atoms with Crippen LogP contribution in [0, 0.1) is 11.8 Å². The highest BCUT2D eigenvalue weighted by Gasteiger charge is 2.32. The molecule has 33 heavy (non-hydrogen) atoms. The lowest BCUT2D eigenvalue weighted by atomic mass is 9.81. The van der Waals surface area contributed by atoms with Gasteiger partial charge in [-0.25, -0.2) is 9.78 Å². The number of carbonyl (C=O) groups excluding carboxylic acids is 2. The molecule has 0 unspecified atom stereocenters. The summed E-state index contributed by atoms with van der Waals surface area (Å²) in [7, 11) is 0. The van der Waals surface area contributed by atoms with Crippen LogP contribution in [0.3, 0.4) is 0 Å². The Morgan fingerprint density at radius 3 is 2.45 bits per heavy atom. The molecular formula is C26H33N5O2. The number of anilines is 2. The van der Waals surface area contributed by atoms with Crippen LogP contribution in [-0.4, -0.2) is 66.0 Å². The van der Waals surface area contributed by atoms with E-state index in [2.05, 4.69) is 21.3 Å². The maximum absolute atomic E-state index is 13.1. The van der Waals surface area contributed by atoms with Crippen LogP contribution < -0.4 is 10.2 Å². The highest BCUT2D eigenvalue weighted by Crippen LogP contribution is 2.32. The van der Waals surface area contributed by atoms with Crippen LogP contribution >= 0.6 is 0 Å². The zero-order valence-electron chi connectivity index (χ0n) is 19.2. The van der Waals surface area contributed by atoms with Crippen molar-refractivity contribution in [3.05, 3.63) is 54.2 Å². The number of hydrogen-bond donors (Lipinski definition) is 1. The van der Waals surface area contributed by atoms with E-state index < -0.39 is 0 Å². The minimum Gasteiger partial charge on any atom is -0.353 e. The van der Waals surface area contributed by atoms with E-state index in [-0.39, 0.29) is 11.9 Å². The Morgan fingerprint density at radius 2 is 1.70 bits per heavy atom. The van der Waals surface area contributed by atoms with E-state index in [0.29, 0.717) is 11.8 Å². The van der Waals surface area contributed by atoms with Crippen molar-refractivity contribution in [2.75, 3.05) is 49.5 Å². The smallest absolute Gasteiger partial charge is 0.321 e. The molecule has 3 aliphatic rings. The summed E-state index contributed by atoms with van der Waals surface area (Å²) >= 11 is 0. The van der Waals surface area contributed by atoms with Crippen LogP contribution in [0.15, 0.2) is 48.7 Å². The molecule has 7 nitrogen and oxygen atoms in total. The molecule has 1 saturated carbocycles. The molecule has 2 aliphatic heterocycles. The number of carbonyl (C=O) groups is 2. The molecular weight excluding hydrogens is 414 g/mol. The first-order valence-electron chi connectivity index (χ1n) is 12.3. The summed E-state index contributed by atoms with van der Waals surface area (Å²) < 4.78 is 0. The van der Waals surface area contributed by atoms with Gasteiger partial charge in [-0.2, -0.15) is 0 Å². The molecule has 1 aromatic carbocycles. The van der Waals surface area contributed by atoms with Crippen LogP contribution in [0.1, 0.15) is 31.2 Å². The molecule has 0 radical (unpaired) electrons. The van der Waals surface area contributed by atoms with Gasteiger partial charge < -0.3 is 20.0 Å².